The average molecular weight is 288 g/mol. The number of nitrogens with zero attached hydrogens (tertiary/aromatic N) is 1. The fourth-order valence-electron chi connectivity index (χ4n) is 4.36. The molecule has 0 aromatic heterocycles. The highest BCUT2D eigenvalue weighted by molar-refractivity contribution is 5.40. The van der Waals surface area contributed by atoms with E-state index in [2.05, 4.69) is 36.9 Å². The SMILES string of the molecule is COc1ccc2c(c1)C(N)C(N1[C@H](C)CCC[C@@H]1C)CC2. The number of piperidine rings is 1. The molecule has 0 spiro atoms. The normalized spacial score (nSPS) is 33.5. The fourth-order valence-corrected chi connectivity index (χ4v) is 4.36. The Kier molecular flexibility index (Phi) is 4.23. The zero-order chi connectivity index (χ0) is 15.0. The number of aryl methyl sites for hydroxylation is 1. The zero-order valence-electron chi connectivity index (χ0n) is 13.5. The molecule has 0 amide bonds. The molecule has 116 valence electrons. The maximum Gasteiger partial charge on any atom is 0.119 e. The highest BCUT2D eigenvalue weighted by Crippen LogP contribution is 2.37. The summed E-state index contributed by atoms with van der Waals surface area (Å²) in [6.07, 6.45) is 6.27. The Morgan fingerprint density at radius 1 is 1.14 bits per heavy atom. The van der Waals surface area contributed by atoms with Gasteiger partial charge in [0.25, 0.3) is 0 Å². The van der Waals surface area contributed by atoms with Crippen molar-refractivity contribution in [1.29, 1.82) is 0 Å². The van der Waals surface area contributed by atoms with Crippen LogP contribution in [-0.2, 0) is 6.42 Å². The molecular formula is C18H28N2O. The lowest BCUT2D eigenvalue weighted by molar-refractivity contribution is 0.0352. The monoisotopic (exact) mass is 288 g/mol. The number of ether oxygens (including phenoxy) is 1. The molecule has 1 aliphatic heterocycles. The quantitative estimate of drug-likeness (QED) is 0.907. The van der Waals surface area contributed by atoms with Gasteiger partial charge in [0.05, 0.1) is 7.11 Å². The Morgan fingerprint density at radius 2 is 1.86 bits per heavy atom. The molecule has 21 heavy (non-hydrogen) atoms. The van der Waals surface area contributed by atoms with Crippen LogP contribution in [0.5, 0.6) is 5.75 Å². The van der Waals surface area contributed by atoms with Gasteiger partial charge in [-0.3, -0.25) is 4.90 Å². The number of nitrogens with two attached hydrogens (primary N) is 1. The molecule has 3 rings (SSSR count). The maximum atomic E-state index is 6.67. The second-order valence-corrected chi connectivity index (χ2v) is 6.77. The molecule has 0 bridgehead atoms. The van der Waals surface area contributed by atoms with E-state index >= 15 is 0 Å². The predicted molar refractivity (Wildman–Crippen MR) is 86.6 cm³/mol. The lowest BCUT2D eigenvalue weighted by Gasteiger charge is -2.48. The molecule has 2 N–H and O–H groups in total. The molecule has 3 heteroatoms. The molecule has 0 saturated carbocycles. The van der Waals surface area contributed by atoms with Crippen LogP contribution in [0.1, 0.15) is 56.7 Å². The third kappa shape index (κ3) is 2.69. The minimum absolute atomic E-state index is 0.104. The fraction of sp³-hybridized carbons (Fsp3) is 0.667. The summed E-state index contributed by atoms with van der Waals surface area (Å²) in [6.45, 7) is 4.73. The smallest absolute Gasteiger partial charge is 0.119 e. The Balaban J connectivity index is 1.88. The highest BCUT2D eigenvalue weighted by atomic mass is 16.5. The van der Waals surface area contributed by atoms with Gasteiger partial charge in [-0.2, -0.15) is 0 Å². The molecule has 1 saturated heterocycles. The highest BCUT2D eigenvalue weighted by Gasteiger charge is 2.37. The van der Waals surface area contributed by atoms with Gasteiger partial charge in [-0.05, 0) is 62.8 Å². The minimum Gasteiger partial charge on any atom is -0.497 e. The van der Waals surface area contributed by atoms with E-state index < -0.39 is 0 Å². The summed E-state index contributed by atoms with van der Waals surface area (Å²) in [5.74, 6) is 0.921. The van der Waals surface area contributed by atoms with Crippen LogP contribution in [0, 0.1) is 0 Å². The van der Waals surface area contributed by atoms with Gasteiger partial charge < -0.3 is 10.5 Å². The van der Waals surface area contributed by atoms with E-state index in [4.69, 9.17) is 10.5 Å². The second kappa shape index (κ2) is 5.98. The number of hydrogen-bond acceptors (Lipinski definition) is 3. The van der Waals surface area contributed by atoms with Crippen molar-refractivity contribution >= 4 is 0 Å². The number of fused-ring (bicyclic) bond motifs is 1. The van der Waals surface area contributed by atoms with Gasteiger partial charge in [0, 0.05) is 24.2 Å². The van der Waals surface area contributed by atoms with E-state index in [1.165, 1.54) is 36.8 Å². The van der Waals surface area contributed by atoms with Crippen molar-refractivity contribution in [2.75, 3.05) is 7.11 Å². The van der Waals surface area contributed by atoms with Crippen LogP contribution in [-0.4, -0.2) is 30.1 Å². The van der Waals surface area contributed by atoms with Crippen LogP contribution in [0.3, 0.4) is 0 Å². The van der Waals surface area contributed by atoms with Gasteiger partial charge in [-0.25, -0.2) is 0 Å². The standard InChI is InChI=1S/C18H28N2O/c1-12-5-4-6-13(2)20(12)17-10-8-14-7-9-15(21-3)11-16(14)18(17)19/h7,9,11-13,17-18H,4-6,8,10,19H2,1-3H3/t12-,13+,17?,18?. The largest absolute Gasteiger partial charge is 0.497 e. The van der Waals surface area contributed by atoms with Crippen LogP contribution in [0.25, 0.3) is 0 Å². The third-order valence-corrected chi connectivity index (χ3v) is 5.48. The van der Waals surface area contributed by atoms with Crippen LogP contribution in [0.2, 0.25) is 0 Å². The molecule has 0 radical (unpaired) electrons. The predicted octanol–water partition coefficient (Wildman–Crippen LogP) is 3.27. The van der Waals surface area contributed by atoms with Gasteiger partial charge in [-0.15, -0.1) is 0 Å². The summed E-state index contributed by atoms with van der Waals surface area (Å²) in [7, 11) is 1.72. The van der Waals surface area contributed by atoms with Crippen molar-refractivity contribution in [3.8, 4) is 5.75 Å². The van der Waals surface area contributed by atoms with Crippen LogP contribution < -0.4 is 10.5 Å². The van der Waals surface area contributed by atoms with E-state index in [1.807, 2.05) is 0 Å². The summed E-state index contributed by atoms with van der Waals surface area (Å²) >= 11 is 0. The van der Waals surface area contributed by atoms with Crippen LogP contribution in [0.15, 0.2) is 18.2 Å². The summed E-state index contributed by atoms with van der Waals surface area (Å²) in [5.41, 5.74) is 9.36. The molecule has 1 fully saturated rings. The average Bonchev–Trinajstić information content (AvgIpc) is 2.49. The molecule has 4 atom stereocenters. The molecule has 1 aromatic carbocycles. The molecule has 2 unspecified atom stereocenters. The Hall–Kier alpha value is -1.06. The first-order valence-corrected chi connectivity index (χ1v) is 8.31. The number of likely N-dealkylation sites (tertiary alicyclic amines) is 1. The van der Waals surface area contributed by atoms with E-state index in [9.17, 15) is 0 Å². The Labute approximate surface area is 128 Å². The number of hydrogen-bond donors (Lipinski definition) is 1. The van der Waals surface area contributed by atoms with Gasteiger partial charge in [0.2, 0.25) is 0 Å². The number of rotatable bonds is 2. The van der Waals surface area contributed by atoms with Crippen molar-refractivity contribution in [3.63, 3.8) is 0 Å². The molecule has 1 aromatic rings. The second-order valence-electron chi connectivity index (χ2n) is 6.77. The van der Waals surface area contributed by atoms with Crippen molar-refractivity contribution in [1.82, 2.24) is 4.90 Å². The van der Waals surface area contributed by atoms with E-state index in [1.54, 1.807) is 7.11 Å². The van der Waals surface area contributed by atoms with Crippen LogP contribution >= 0.6 is 0 Å². The lowest BCUT2D eigenvalue weighted by Crippen LogP contribution is -2.54. The van der Waals surface area contributed by atoms with E-state index in [0.29, 0.717) is 18.1 Å². The summed E-state index contributed by atoms with van der Waals surface area (Å²) in [6, 6.07) is 8.26. The third-order valence-electron chi connectivity index (χ3n) is 5.48. The molecule has 2 aliphatic rings. The van der Waals surface area contributed by atoms with Crippen molar-refractivity contribution in [2.45, 2.75) is 70.1 Å². The maximum absolute atomic E-state index is 6.67. The summed E-state index contributed by atoms with van der Waals surface area (Å²) < 4.78 is 5.38. The van der Waals surface area contributed by atoms with Gasteiger partial charge in [0.15, 0.2) is 0 Å². The first-order valence-electron chi connectivity index (χ1n) is 8.31. The Morgan fingerprint density at radius 3 is 2.52 bits per heavy atom. The topological polar surface area (TPSA) is 38.5 Å². The van der Waals surface area contributed by atoms with Gasteiger partial charge in [0.1, 0.15) is 5.75 Å². The van der Waals surface area contributed by atoms with E-state index in [-0.39, 0.29) is 6.04 Å². The molecule has 3 nitrogen and oxygen atoms in total. The molecule has 1 heterocycles. The minimum atomic E-state index is 0.104. The van der Waals surface area contributed by atoms with Crippen molar-refractivity contribution < 1.29 is 4.74 Å². The van der Waals surface area contributed by atoms with E-state index in [0.717, 1.165) is 12.2 Å². The lowest BCUT2D eigenvalue weighted by atomic mass is 9.81. The first-order chi connectivity index (χ1) is 10.1. The zero-order valence-corrected chi connectivity index (χ0v) is 13.5. The van der Waals surface area contributed by atoms with Crippen molar-refractivity contribution in [3.05, 3.63) is 29.3 Å². The molecule has 1 aliphatic carbocycles. The van der Waals surface area contributed by atoms with Gasteiger partial charge in [-0.1, -0.05) is 12.5 Å². The van der Waals surface area contributed by atoms with Crippen LogP contribution in [0.4, 0.5) is 0 Å². The van der Waals surface area contributed by atoms with Crippen molar-refractivity contribution in [2.24, 2.45) is 5.73 Å². The summed E-state index contributed by atoms with van der Waals surface area (Å²) in [5, 5.41) is 0. The number of methoxy groups -OCH3 is 1. The first kappa shape index (κ1) is 14.9. The molecular weight excluding hydrogens is 260 g/mol. The summed E-state index contributed by atoms with van der Waals surface area (Å²) in [4.78, 5) is 2.69. The number of benzene rings is 1. The van der Waals surface area contributed by atoms with Gasteiger partial charge >= 0.3 is 0 Å². The Bertz CT molecular complexity index is 492.